The van der Waals surface area contributed by atoms with Gasteiger partial charge in [-0.2, -0.15) is 0 Å². The Morgan fingerprint density at radius 1 is 1.37 bits per heavy atom. The summed E-state index contributed by atoms with van der Waals surface area (Å²) >= 11 is 0. The Kier molecular flexibility index (Phi) is 2.98. The zero-order valence-corrected chi connectivity index (χ0v) is 10.5. The van der Waals surface area contributed by atoms with Crippen LogP contribution in [0.3, 0.4) is 0 Å². The van der Waals surface area contributed by atoms with Crippen LogP contribution in [0.5, 0.6) is 0 Å². The summed E-state index contributed by atoms with van der Waals surface area (Å²) in [4.78, 5) is 24.7. The van der Waals surface area contributed by atoms with Gasteiger partial charge in [0.25, 0.3) is 5.91 Å². The lowest BCUT2D eigenvalue weighted by Gasteiger charge is -2.29. The Balaban J connectivity index is 1.99. The smallest absolute Gasteiger partial charge is 0.335 e. The number of carboxylic acid groups (broad SMARTS) is 1. The van der Waals surface area contributed by atoms with E-state index in [0.29, 0.717) is 19.1 Å². The molecule has 1 amide bonds. The highest BCUT2D eigenvalue weighted by atomic mass is 16.5. The van der Waals surface area contributed by atoms with Crippen LogP contribution in [0.4, 0.5) is 5.69 Å². The molecule has 1 aromatic rings. The second kappa shape index (κ2) is 4.66. The van der Waals surface area contributed by atoms with Gasteiger partial charge in [-0.25, -0.2) is 4.79 Å². The molecule has 1 heterocycles. The fraction of sp³-hybridized carbons (Fsp3) is 0.429. The van der Waals surface area contributed by atoms with Gasteiger partial charge in [0.1, 0.15) is 6.61 Å². The fourth-order valence-electron chi connectivity index (χ4n) is 2.43. The zero-order valence-electron chi connectivity index (χ0n) is 10.5. The molecule has 100 valence electrons. The number of hydrogen-bond acceptors (Lipinski definition) is 3. The molecule has 0 spiro atoms. The lowest BCUT2D eigenvalue weighted by Crippen LogP contribution is -2.42. The molecule has 5 heteroatoms. The van der Waals surface area contributed by atoms with E-state index in [4.69, 9.17) is 9.84 Å². The molecular formula is C14H15NO4. The molecule has 1 aromatic carbocycles. The molecule has 1 saturated carbocycles. The first-order valence-corrected chi connectivity index (χ1v) is 6.42. The predicted octanol–water partition coefficient (Wildman–Crippen LogP) is 1.63. The summed E-state index contributed by atoms with van der Waals surface area (Å²) in [6, 6.07) is 5.02. The van der Waals surface area contributed by atoms with Crippen LogP contribution in [0.2, 0.25) is 0 Å². The maximum Gasteiger partial charge on any atom is 0.335 e. The van der Waals surface area contributed by atoms with Gasteiger partial charge < -0.3 is 14.7 Å². The van der Waals surface area contributed by atoms with Crippen molar-refractivity contribution in [3.05, 3.63) is 29.3 Å². The van der Waals surface area contributed by atoms with Gasteiger partial charge in [-0.15, -0.1) is 0 Å². The molecule has 1 aliphatic heterocycles. The molecule has 5 nitrogen and oxygen atoms in total. The van der Waals surface area contributed by atoms with Crippen LogP contribution in [0.25, 0.3) is 0 Å². The number of carbonyl (C=O) groups excluding carboxylic acids is 1. The van der Waals surface area contributed by atoms with Crippen molar-refractivity contribution >= 4 is 17.6 Å². The normalized spacial score (nSPS) is 19.6. The van der Waals surface area contributed by atoms with Crippen LogP contribution in [-0.4, -0.2) is 36.7 Å². The van der Waals surface area contributed by atoms with Gasteiger partial charge >= 0.3 is 5.97 Å². The van der Waals surface area contributed by atoms with Crippen LogP contribution in [0, 0.1) is 0 Å². The van der Waals surface area contributed by atoms with E-state index in [1.54, 1.807) is 23.1 Å². The SMILES string of the molecule is O=C(O)c1ccc(N2CCOCC2=O)c(C2CC2)c1. The Morgan fingerprint density at radius 3 is 2.79 bits per heavy atom. The zero-order chi connectivity index (χ0) is 13.4. The first-order valence-electron chi connectivity index (χ1n) is 6.42. The molecule has 3 rings (SSSR count). The summed E-state index contributed by atoms with van der Waals surface area (Å²) in [5.74, 6) is -0.595. The van der Waals surface area contributed by atoms with Crippen LogP contribution < -0.4 is 4.90 Å². The molecule has 1 N–H and O–H groups in total. The van der Waals surface area contributed by atoms with Crippen molar-refractivity contribution in [2.45, 2.75) is 18.8 Å². The minimum atomic E-state index is -0.929. The van der Waals surface area contributed by atoms with Gasteiger partial charge in [0.05, 0.1) is 12.2 Å². The Morgan fingerprint density at radius 2 is 2.16 bits per heavy atom. The minimum absolute atomic E-state index is 0.0591. The minimum Gasteiger partial charge on any atom is -0.478 e. The number of nitrogens with zero attached hydrogens (tertiary/aromatic N) is 1. The summed E-state index contributed by atoms with van der Waals surface area (Å²) in [5, 5.41) is 9.06. The lowest BCUT2D eigenvalue weighted by atomic mass is 10.0. The van der Waals surface area contributed by atoms with E-state index in [1.807, 2.05) is 0 Å². The molecule has 0 aromatic heterocycles. The number of anilines is 1. The number of morpholine rings is 1. The van der Waals surface area contributed by atoms with Crippen LogP contribution >= 0.6 is 0 Å². The number of benzene rings is 1. The van der Waals surface area contributed by atoms with E-state index < -0.39 is 5.97 Å². The van der Waals surface area contributed by atoms with Crippen molar-refractivity contribution in [1.29, 1.82) is 0 Å². The van der Waals surface area contributed by atoms with Crippen molar-refractivity contribution < 1.29 is 19.4 Å². The highest BCUT2D eigenvalue weighted by Gasteiger charge is 2.31. The van der Waals surface area contributed by atoms with Gasteiger partial charge in [0, 0.05) is 12.2 Å². The van der Waals surface area contributed by atoms with Crippen LogP contribution in [-0.2, 0) is 9.53 Å². The monoisotopic (exact) mass is 261 g/mol. The number of rotatable bonds is 3. The fourth-order valence-corrected chi connectivity index (χ4v) is 2.43. The van der Waals surface area contributed by atoms with E-state index in [2.05, 4.69) is 0 Å². The summed E-state index contributed by atoms with van der Waals surface area (Å²) in [5.41, 5.74) is 2.11. The number of amides is 1. The summed E-state index contributed by atoms with van der Waals surface area (Å²) in [7, 11) is 0. The van der Waals surface area contributed by atoms with Gasteiger partial charge in [-0.3, -0.25) is 4.79 Å². The first kappa shape index (κ1) is 12.2. The van der Waals surface area contributed by atoms with Crippen molar-refractivity contribution in [2.75, 3.05) is 24.7 Å². The van der Waals surface area contributed by atoms with Gasteiger partial charge in [-0.05, 0) is 42.5 Å². The molecular weight excluding hydrogens is 246 g/mol. The Bertz CT molecular complexity index is 536. The van der Waals surface area contributed by atoms with E-state index >= 15 is 0 Å². The lowest BCUT2D eigenvalue weighted by molar-refractivity contribution is -0.125. The second-order valence-electron chi connectivity index (χ2n) is 4.95. The Labute approximate surface area is 110 Å². The maximum atomic E-state index is 11.9. The Hall–Kier alpha value is -1.88. The summed E-state index contributed by atoms with van der Waals surface area (Å²) in [6.45, 7) is 1.16. The van der Waals surface area contributed by atoms with Crippen molar-refractivity contribution in [3.63, 3.8) is 0 Å². The number of aromatic carboxylic acids is 1. The molecule has 0 atom stereocenters. The third-order valence-corrected chi connectivity index (χ3v) is 3.57. The van der Waals surface area contributed by atoms with E-state index in [1.165, 1.54) is 0 Å². The van der Waals surface area contributed by atoms with Crippen molar-refractivity contribution in [2.24, 2.45) is 0 Å². The highest BCUT2D eigenvalue weighted by Crippen LogP contribution is 2.45. The summed E-state index contributed by atoms with van der Waals surface area (Å²) < 4.78 is 5.13. The maximum absolute atomic E-state index is 11.9. The van der Waals surface area contributed by atoms with Gasteiger partial charge in [0.2, 0.25) is 0 Å². The number of hydrogen-bond donors (Lipinski definition) is 1. The largest absolute Gasteiger partial charge is 0.478 e. The number of carbonyl (C=O) groups is 2. The molecule has 0 bridgehead atoms. The van der Waals surface area contributed by atoms with E-state index in [9.17, 15) is 9.59 Å². The molecule has 0 unspecified atom stereocenters. The first-order chi connectivity index (χ1) is 9.16. The average molecular weight is 261 g/mol. The number of carboxylic acids is 1. The van der Waals surface area contributed by atoms with Crippen LogP contribution in [0.1, 0.15) is 34.7 Å². The summed E-state index contributed by atoms with van der Waals surface area (Å²) in [6.07, 6.45) is 2.13. The molecule has 0 radical (unpaired) electrons. The molecule has 1 saturated heterocycles. The highest BCUT2D eigenvalue weighted by molar-refractivity contribution is 5.97. The van der Waals surface area contributed by atoms with Crippen molar-refractivity contribution in [3.8, 4) is 0 Å². The van der Waals surface area contributed by atoms with E-state index in [0.717, 1.165) is 24.1 Å². The standard InChI is InChI=1S/C14H15NO4/c16-13-8-19-6-5-15(13)12-4-3-10(14(17)18)7-11(12)9-1-2-9/h3-4,7,9H,1-2,5-6,8H2,(H,17,18). The van der Waals surface area contributed by atoms with Crippen molar-refractivity contribution in [1.82, 2.24) is 0 Å². The molecule has 2 aliphatic rings. The topological polar surface area (TPSA) is 66.8 Å². The molecule has 2 fully saturated rings. The second-order valence-corrected chi connectivity index (χ2v) is 4.95. The van der Waals surface area contributed by atoms with E-state index in [-0.39, 0.29) is 18.1 Å². The van der Waals surface area contributed by atoms with Gasteiger partial charge in [-0.1, -0.05) is 0 Å². The molecule has 19 heavy (non-hydrogen) atoms. The number of ether oxygens (including phenoxy) is 1. The molecule has 1 aliphatic carbocycles. The predicted molar refractivity (Wildman–Crippen MR) is 68.5 cm³/mol. The average Bonchev–Trinajstić information content (AvgIpc) is 3.23. The third-order valence-electron chi connectivity index (χ3n) is 3.57. The van der Waals surface area contributed by atoms with Crippen LogP contribution in [0.15, 0.2) is 18.2 Å². The quantitative estimate of drug-likeness (QED) is 0.898. The van der Waals surface area contributed by atoms with Gasteiger partial charge in [0.15, 0.2) is 0 Å². The third kappa shape index (κ3) is 2.33.